The number of hydrogen-bond donors (Lipinski definition) is 2. The number of nitrogens with two attached hydrogens (primary N) is 1. The molecule has 0 saturated heterocycles. The smallest absolute Gasteiger partial charge is 0.231 e. The van der Waals surface area contributed by atoms with Crippen LogP contribution in [0.5, 0.6) is 0 Å². The number of rotatable bonds is 4. The number of nitrogens with one attached hydrogen (secondary N) is 1. The summed E-state index contributed by atoms with van der Waals surface area (Å²) < 4.78 is 3.56. The molecule has 0 fully saturated rings. The van der Waals surface area contributed by atoms with E-state index in [1.807, 2.05) is 24.3 Å². The van der Waals surface area contributed by atoms with E-state index in [0.717, 1.165) is 22.7 Å². The van der Waals surface area contributed by atoms with Crippen LogP contribution >= 0.6 is 11.5 Å². The molecule has 3 N–H and O–H groups in total. The highest BCUT2D eigenvalue weighted by molar-refractivity contribution is 7.09. The molecule has 1 amide bonds. The van der Waals surface area contributed by atoms with Crippen LogP contribution in [0.25, 0.3) is 0 Å². The molecule has 0 aliphatic carbocycles. The number of amides is 1. The molecule has 1 aromatic heterocycles. The van der Waals surface area contributed by atoms with Crippen LogP contribution in [0.3, 0.4) is 0 Å². The predicted molar refractivity (Wildman–Crippen MR) is 64.4 cm³/mol. The van der Waals surface area contributed by atoms with Gasteiger partial charge in [-0.2, -0.15) is 0 Å². The maximum atomic E-state index is 11.7. The second-order valence-corrected chi connectivity index (χ2v) is 4.10. The molecule has 0 spiro atoms. The number of carbonyl (C=O) groups excluding carboxylic acids is 1. The van der Waals surface area contributed by atoms with Crippen molar-refractivity contribution in [3.8, 4) is 0 Å². The molecule has 0 aliphatic heterocycles. The second-order valence-electron chi connectivity index (χ2n) is 3.37. The van der Waals surface area contributed by atoms with Gasteiger partial charge in [0, 0.05) is 18.1 Å². The van der Waals surface area contributed by atoms with Crippen LogP contribution in [0.1, 0.15) is 11.1 Å². The third-order valence-electron chi connectivity index (χ3n) is 2.24. The fourth-order valence-electron chi connectivity index (χ4n) is 1.45. The first-order valence-electron chi connectivity index (χ1n) is 5.01. The monoisotopic (exact) mass is 249 g/mol. The summed E-state index contributed by atoms with van der Waals surface area (Å²) in [4.78, 5) is 11.7. The van der Waals surface area contributed by atoms with Crippen LogP contribution in [0.4, 0.5) is 5.13 Å². The van der Waals surface area contributed by atoms with Gasteiger partial charge in [-0.15, -0.1) is 0 Å². The summed E-state index contributed by atoms with van der Waals surface area (Å²) in [6.07, 6.45) is 0.271. The Kier molecular flexibility index (Phi) is 3.73. The Morgan fingerprint density at radius 1 is 1.35 bits per heavy atom. The summed E-state index contributed by atoms with van der Waals surface area (Å²) in [5, 5.41) is 10.1. The third-order valence-corrected chi connectivity index (χ3v) is 2.75. The van der Waals surface area contributed by atoms with Crippen LogP contribution in [-0.4, -0.2) is 20.7 Å². The highest BCUT2D eigenvalue weighted by atomic mass is 32.1. The van der Waals surface area contributed by atoms with E-state index >= 15 is 0 Å². The van der Waals surface area contributed by atoms with Crippen molar-refractivity contribution >= 4 is 22.6 Å². The van der Waals surface area contributed by atoms with Crippen molar-refractivity contribution < 1.29 is 4.79 Å². The maximum absolute atomic E-state index is 11.7. The number of hydrogen-bond acceptors (Lipinski definition) is 6. The van der Waals surface area contributed by atoms with Crippen LogP contribution in [0, 0.1) is 0 Å². The number of aromatic nitrogens is 3. The van der Waals surface area contributed by atoms with Crippen molar-refractivity contribution in [1.82, 2.24) is 14.8 Å². The van der Waals surface area contributed by atoms with Crippen LogP contribution in [0.2, 0.25) is 0 Å². The third kappa shape index (κ3) is 3.05. The molecule has 0 unspecified atom stereocenters. The van der Waals surface area contributed by atoms with Gasteiger partial charge < -0.3 is 5.73 Å². The Bertz CT molecular complexity index is 499. The normalized spacial score (nSPS) is 10.2. The first kappa shape index (κ1) is 11.6. The lowest BCUT2D eigenvalue weighted by Crippen LogP contribution is -2.16. The lowest BCUT2D eigenvalue weighted by molar-refractivity contribution is -0.115. The fourth-order valence-corrected chi connectivity index (χ4v) is 1.83. The minimum Gasteiger partial charge on any atom is -0.326 e. The van der Waals surface area contributed by atoms with Gasteiger partial charge in [-0.1, -0.05) is 33.9 Å². The molecule has 2 rings (SSSR count). The molecule has 2 aromatic rings. The van der Waals surface area contributed by atoms with Crippen molar-refractivity contribution in [1.29, 1.82) is 0 Å². The molecule has 0 saturated carbocycles. The zero-order valence-corrected chi connectivity index (χ0v) is 9.78. The van der Waals surface area contributed by atoms with E-state index < -0.39 is 0 Å². The van der Waals surface area contributed by atoms with Crippen molar-refractivity contribution in [3.63, 3.8) is 0 Å². The van der Waals surface area contributed by atoms with E-state index in [1.165, 1.54) is 0 Å². The van der Waals surface area contributed by atoms with Gasteiger partial charge in [0.2, 0.25) is 11.0 Å². The van der Waals surface area contributed by atoms with E-state index in [0.29, 0.717) is 11.7 Å². The van der Waals surface area contributed by atoms with Gasteiger partial charge in [0.1, 0.15) is 0 Å². The van der Waals surface area contributed by atoms with E-state index in [4.69, 9.17) is 5.73 Å². The van der Waals surface area contributed by atoms with Gasteiger partial charge in [0.15, 0.2) is 0 Å². The molecule has 7 heteroatoms. The van der Waals surface area contributed by atoms with Crippen molar-refractivity contribution in [2.24, 2.45) is 5.73 Å². The Labute approximate surface area is 102 Å². The summed E-state index contributed by atoms with van der Waals surface area (Å²) in [6.45, 7) is 0.420. The van der Waals surface area contributed by atoms with E-state index in [9.17, 15) is 4.79 Å². The molecule has 88 valence electrons. The summed E-state index contributed by atoms with van der Waals surface area (Å²) >= 11 is 1.04. The second kappa shape index (κ2) is 5.46. The molecule has 17 heavy (non-hydrogen) atoms. The SMILES string of the molecule is NCc1ccccc1CC(=O)Nc1nnns1. The van der Waals surface area contributed by atoms with Crippen LogP contribution < -0.4 is 11.1 Å². The average Bonchev–Trinajstić information content (AvgIpc) is 2.82. The van der Waals surface area contributed by atoms with E-state index in [2.05, 4.69) is 20.1 Å². The largest absolute Gasteiger partial charge is 0.326 e. The number of benzene rings is 1. The quantitative estimate of drug-likeness (QED) is 0.826. The van der Waals surface area contributed by atoms with Crippen LogP contribution in [0.15, 0.2) is 24.3 Å². The summed E-state index contributed by atoms with van der Waals surface area (Å²) in [5.74, 6) is -0.149. The van der Waals surface area contributed by atoms with Gasteiger partial charge >= 0.3 is 0 Å². The highest BCUT2D eigenvalue weighted by Gasteiger charge is 2.08. The van der Waals surface area contributed by atoms with Gasteiger partial charge in [-0.05, 0) is 16.3 Å². The summed E-state index contributed by atoms with van der Waals surface area (Å²) in [7, 11) is 0. The van der Waals surface area contributed by atoms with Gasteiger partial charge in [0.25, 0.3) is 0 Å². The molecule has 6 nitrogen and oxygen atoms in total. The number of nitrogens with zero attached hydrogens (tertiary/aromatic N) is 3. The first-order chi connectivity index (χ1) is 8.29. The van der Waals surface area contributed by atoms with Crippen LogP contribution in [-0.2, 0) is 17.8 Å². The maximum Gasteiger partial charge on any atom is 0.231 e. The number of carbonyl (C=O) groups is 1. The van der Waals surface area contributed by atoms with E-state index in [-0.39, 0.29) is 12.3 Å². The first-order valence-corrected chi connectivity index (χ1v) is 5.78. The molecular formula is C10H11N5OS. The average molecular weight is 249 g/mol. The molecule has 1 aromatic carbocycles. The molecule has 0 aliphatic rings. The van der Waals surface area contributed by atoms with Crippen molar-refractivity contribution in [2.75, 3.05) is 5.32 Å². The topological polar surface area (TPSA) is 93.8 Å². The summed E-state index contributed by atoms with van der Waals surface area (Å²) in [6, 6.07) is 7.59. The van der Waals surface area contributed by atoms with Crippen molar-refractivity contribution in [3.05, 3.63) is 35.4 Å². The Morgan fingerprint density at radius 3 is 2.76 bits per heavy atom. The minimum absolute atomic E-state index is 0.149. The summed E-state index contributed by atoms with van der Waals surface area (Å²) in [5.41, 5.74) is 7.49. The molecule has 0 bridgehead atoms. The highest BCUT2D eigenvalue weighted by Crippen LogP contribution is 2.11. The predicted octanol–water partition coefficient (Wildman–Crippen LogP) is 0.573. The fraction of sp³-hybridized carbons (Fsp3) is 0.200. The minimum atomic E-state index is -0.149. The Morgan fingerprint density at radius 2 is 2.12 bits per heavy atom. The van der Waals surface area contributed by atoms with Gasteiger partial charge in [0.05, 0.1) is 6.42 Å². The van der Waals surface area contributed by atoms with Gasteiger partial charge in [-0.25, -0.2) is 0 Å². The molecule has 0 radical (unpaired) electrons. The lowest BCUT2D eigenvalue weighted by atomic mass is 10.0. The zero-order valence-electron chi connectivity index (χ0n) is 8.96. The standard InChI is InChI=1S/C10H11N5OS/c11-6-8-4-2-1-3-7(8)5-9(16)12-10-13-14-15-17-10/h1-4H,5-6,11H2,(H,12,13,15,16). The Hall–Kier alpha value is -1.86. The molecular weight excluding hydrogens is 238 g/mol. The Balaban J connectivity index is 2.03. The van der Waals surface area contributed by atoms with Crippen molar-refractivity contribution in [2.45, 2.75) is 13.0 Å². The van der Waals surface area contributed by atoms with E-state index in [1.54, 1.807) is 0 Å². The lowest BCUT2D eigenvalue weighted by Gasteiger charge is -2.06. The molecule has 1 heterocycles. The number of anilines is 1. The van der Waals surface area contributed by atoms with Gasteiger partial charge in [-0.3, -0.25) is 10.1 Å². The zero-order chi connectivity index (χ0) is 12.1. The molecule has 0 atom stereocenters.